The van der Waals surface area contributed by atoms with Crippen molar-refractivity contribution in [2.45, 2.75) is 200 Å². The Bertz CT molecular complexity index is 1010. The van der Waals surface area contributed by atoms with Crippen LogP contribution < -0.4 is 0 Å². The summed E-state index contributed by atoms with van der Waals surface area (Å²) in [6.07, 6.45) is 47.4. The molecule has 0 aliphatic rings. The van der Waals surface area contributed by atoms with Gasteiger partial charge in [-0.05, 0) is 51.4 Å². The highest BCUT2D eigenvalue weighted by molar-refractivity contribution is 7.47. The average Bonchev–Trinajstić information content (AvgIpc) is 3.15. The van der Waals surface area contributed by atoms with E-state index in [0.717, 1.165) is 64.9 Å². The van der Waals surface area contributed by atoms with Crippen molar-refractivity contribution in [3.63, 3.8) is 0 Å². The first-order chi connectivity index (χ1) is 25.8. The van der Waals surface area contributed by atoms with Crippen LogP contribution in [0.15, 0.2) is 48.6 Å². The molecule has 0 bridgehead atoms. The Balaban J connectivity index is 4.02. The zero-order valence-corrected chi connectivity index (χ0v) is 35.1. The number of ether oxygens (including phenoxy) is 2. The fourth-order valence-electron chi connectivity index (χ4n) is 5.83. The van der Waals surface area contributed by atoms with Gasteiger partial charge in [0.2, 0.25) is 0 Å². The Kier molecular flexibility index (Phi) is 38.2. The molecule has 8 nitrogen and oxygen atoms in total. The molecule has 2 unspecified atom stereocenters. The van der Waals surface area contributed by atoms with Crippen molar-refractivity contribution in [2.24, 2.45) is 0 Å². The van der Waals surface area contributed by atoms with Crippen molar-refractivity contribution in [3.05, 3.63) is 48.6 Å². The summed E-state index contributed by atoms with van der Waals surface area (Å²) in [6, 6.07) is 0. The first-order valence-corrected chi connectivity index (χ1v) is 22.8. The summed E-state index contributed by atoms with van der Waals surface area (Å²) in [5.41, 5.74) is 0. The Morgan fingerprint density at radius 3 is 1.43 bits per heavy atom. The largest absolute Gasteiger partial charge is 0.472 e. The van der Waals surface area contributed by atoms with Crippen LogP contribution in [-0.2, 0) is 32.7 Å². The molecule has 0 fully saturated rings. The molecule has 0 aromatic rings. The third-order valence-corrected chi connectivity index (χ3v) is 10.0. The number of carbonyl (C=O) groups is 2. The smallest absolute Gasteiger partial charge is 0.462 e. The highest BCUT2D eigenvalue weighted by Gasteiger charge is 2.24. The van der Waals surface area contributed by atoms with E-state index in [1.807, 2.05) is 0 Å². The number of carbonyl (C=O) groups excluding carboxylic acids is 2. The first-order valence-electron chi connectivity index (χ1n) is 21.3. The van der Waals surface area contributed by atoms with Crippen molar-refractivity contribution < 1.29 is 37.6 Å². The number of phosphoric ester groups is 1. The first kappa shape index (κ1) is 51.0. The third-order valence-electron chi connectivity index (χ3n) is 9.09. The van der Waals surface area contributed by atoms with Crippen LogP contribution in [0.1, 0.15) is 194 Å². The number of allylic oxidation sites excluding steroid dienone is 8. The molecule has 0 heterocycles. The quantitative estimate of drug-likeness (QED) is 0.0285. The van der Waals surface area contributed by atoms with Gasteiger partial charge in [0, 0.05) is 20.0 Å². The number of esters is 2. The summed E-state index contributed by atoms with van der Waals surface area (Å²) in [5, 5.41) is 0. The number of hydrogen-bond donors (Lipinski definition) is 1. The van der Waals surface area contributed by atoms with Gasteiger partial charge in [0.25, 0.3) is 0 Å². The van der Waals surface area contributed by atoms with E-state index in [4.69, 9.17) is 14.0 Å². The van der Waals surface area contributed by atoms with Gasteiger partial charge in [-0.25, -0.2) is 4.57 Å². The van der Waals surface area contributed by atoms with E-state index in [9.17, 15) is 19.0 Å². The molecule has 0 aliphatic heterocycles. The van der Waals surface area contributed by atoms with Crippen molar-refractivity contribution in [1.29, 1.82) is 0 Å². The normalized spacial score (nSPS) is 13.8. The predicted octanol–water partition coefficient (Wildman–Crippen LogP) is 13.4. The minimum absolute atomic E-state index is 0.193. The molecule has 9 heteroatoms. The Hall–Kier alpha value is -1.99. The molecule has 0 radical (unpaired) electrons. The van der Waals surface area contributed by atoms with Crippen LogP contribution in [-0.4, -0.2) is 43.3 Å². The van der Waals surface area contributed by atoms with Gasteiger partial charge >= 0.3 is 19.8 Å². The van der Waals surface area contributed by atoms with Gasteiger partial charge in [0.05, 0.1) is 6.61 Å². The van der Waals surface area contributed by atoms with Crippen LogP contribution in [0.3, 0.4) is 0 Å². The lowest BCUT2D eigenvalue weighted by Gasteiger charge is -2.19. The fourth-order valence-corrected chi connectivity index (χ4v) is 6.29. The van der Waals surface area contributed by atoms with Gasteiger partial charge < -0.3 is 14.4 Å². The molecule has 0 aliphatic carbocycles. The van der Waals surface area contributed by atoms with Crippen molar-refractivity contribution in [1.82, 2.24) is 0 Å². The maximum Gasteiger partial charge on any atom is 0.472 e. The van der Waals surface area contributed by atoms with E-state index in [0.29, 0.717) is 6.42 Å². The predicted molar refractivity (Wildman–Crippen MR) is 221 cm³/mol. The minimum Gasteiger partial charge on any atom is -0.462 e. The van der Waals surface area contributed by atoms with E-state index >= 15 is 0 Å². The molecule has 0 aromatic heterocycles. The second-order valence-corrected chi connectivity index (χ2v) is 15.7. The fraction of sp³-hybridized carbons (Fsp3) is 0.773. The Morgan fingerprint density at radius 2 is 0.962 bits per heavy atom. The highest BCUT2D eigenvalue weighted by atomic mass is 31.2. The van der Waals surface area contributed by atoms with Crippen LogP contribution in [0.4, 0.5) is 0 Å². The van der Waals surface area contributed by atoms with Crippen LogP contribution in [0.2, 0.25) is 0 Å². The third kappa shape index (κ3) is 39.5. The number of rotatable bonds is 39. The van der Waals surface area contributed by atoms with Gasteiger partial charge in [-0.1, -0.05) is 178 Å². The average molecular weight is 767 g/mol. The summed E-state index contributed by atoms with van der Waals surface area (Å²) in [4.78, 5) is 34.4. The van der Waals surface area contributed by atoms with Crippen LogP contribution in [0.25, 0.3) is 0 Å². The zero-order chi connectivity index (χ0) is 38.9. The van der Waals surface area contributed by atoms with Crippen molar-refractivity contribution in [3.8, 4) is 0 Å². The second kappa shape index (κ2) is 39.7. The van der Waals surface area contributed by atoms with Crippen LogP contribution in [0.5, 0.6) is 0 Å². The van der Waals surface area contributed by atoms with Crippen molar-refractivity contribution in [2.75, 3.05) is 20.3 Å². The lowest BCUT2D eigenvalue weighted by atomic mass is 10.0. The standard InChI is InChI=1S/C44H79O8P/c1-4-6-8-10-12-14-16-18-20-21-22-23-25-26-28-30-32-34-36-38-43(45)50-40-42(41-51-53(47,48)49-3)52-44(46)39-37-35-33-31-29-27-24-19-17-15-13-11-9-7-5-2/h7,9,13,15,19,24,29,31,42H,4-6,8,10-12,14,16-18,20-23,25-28,30,32-41H2,1-3H3,(H,47,48)/b9-7-,15-13-,24-19-,31-29-. The molecule has 0 saturated carbocycles. The van der Waals surface area contributed by atoms with Gasteiger partial charge in [0.15, 0.2) is 6.10 Å². The van der Waals surface area contributed by atoms with Crippen molar-refractivity contribution >= 4 is 19.8 Å². The molecular formula is C44H79O8P. The van der Waals surface area contributed by atoms with Crippen LogP contribution in [0, 0.1) is 0 Å². The molecule has 2 atom stereocenters. The Labute approximate surface area is 325 Å². The van der Waals surface area contributed by atoms with Gasteiger partial charge in [-0.3, -0.25) is 18.6 Å². The van der Waals surface area contributed by atoms with E-state index in [2.05, 4.69) is 67.0 Å². The lowest BCUT2D eigenvalue weighted by Crippen LogP contribution is -2.29. The van der Waals surface area contributed by atoms with Gasteiger partial charge in [-0.2, -0.15) is 0 Å². The molecule has 1 N–H and O–H groups in total. The molecule has 0 saturated heterocycles. The summed E-state index contributed by atoms with van der Waals surface area (Å²) < 4.78 is 31.9. The summed E-state index contributed by atoms with van der Waals surface area (Å²) in [6.45, 7) is 3.75. The molecule has 0 amide bonds. The van der Waals surface area contributed by atoms with E-state index in [1.54, 1.807) is 0 Å². The van der Waals surface area contributed by atoms with E-state index in [1.165, 1.54) is 103 Å². The Morgan fingerprint density at radius 1 is 0.547 bits per heavy atom. The van der Waals surface area contributed by atoms with Crippen LogP contribution >= 0.6 is 7.82 Å². The number of phosphoric acid groups is 1. The van der Waals surface area contributed by atoms with E-state index < -0.39 is 26.5 Å². The summed E-state index contributed by atoms with van der Waals surface area (Å²) in [5.74, 6) is -0.848. The lowest BCUT2D eigenvalue weighted by molar-refractivity contribution is -0.161. The molecule has 0 rings (SSSR count). The number of unbranched alkanes of at least 4 members (excludes halogenated alkanes) is 20. The second-order valence-electron chi connectivity index (χ2n) is 14.1. The molecule has 308 valence electrons. The monoisotopic (exact) mass is 767 g/mol. The zero-order valence-electron chi connectivity index (χ0n) is 34.2. The maximum absolute atomic E-state index is 12.5. The maximum atomic E-state index is 12.5. The van der Waals surface area contributed by atoms with Gasteiger partial charge in [-0.15, -0.1) is 0 Å². The van der Waals surface area contributed by atoms with E-state index in [-0.39, 0.29) is 25.4 Å². The number of hydrogen-bond acceptors (Lipinski definition) is 7. The minimum atomic E-state index is -4.27. The summed E-state index contributed by atoms with van der Waals surface area (Å²) in [7, 11) is -3.22. The SMILES string of the molecule is CC/C=C\C/C=C\C/C=C\C/C=C\CCCCC(=O)OC(COC(=O)CCCCCCCCCCCCCCCCCCCCC)COP(=O)(O)OC. The topological polar surface area (TPSA) is 108 Å². The molecule has 0 spiro atoms. The molecule has 53 heavy (non-hydrogen) atoms. The highest BCUT2D eigenvalue weighted by Crippen LogP contribution is 2.42. The van der Waals surface area contributed by atoms with Gasteiger partial charge in [0.1, 0.15) is 6.61 Å². The molecule has 0 aromatic carbocycles. The summed E-state index contributed by atoms with van der Waals surface area (Å²) >= 11 is 0. The molecular weight excluding hydrogens is 687 g/mol.